The highest BCUT2D eigenvalue weighted by Gasteiger charge is 2.16. The van der Waals surface area contributed by atoms with Gasteiger partial charge in [0.1, 0.15) is 11.3 Å². The Morgan fingerprint density at radius 2 is 2.23 bits per heavy atom. The fourth-order valence-corrected chi connectivity index (χ4v) is 0.988. The second kappa shape index (κ2) is 3.66. The van der Waals surface area contributed by atoms with E-state index in [4.69, 9.17) is 4.74 Å². The van der Waals surface area contributed by atoms with Gasteiger partial charge in [-0.25, -0.2) is 0 Å². The Kier molecular flexibility index (Phi) is 2.59. The molecule has 1 rings (SSSR count). The zero-order valence-corrected chi connectivity index (χ0v) is 6.89. The summed E-state index contributed by atoms with van der Waals surface area (Å²) in [7, 11) is 1.35. The molecular formula is C8H7NO4. The number of hydrogen-bond donors (Lipinski definition) is 0. The van der Waals surface area contributed by atoms with Gasteiger partial charge in [-0.05, 0) is 6.07 Å². The minimum absolute atomic E-state index is 0.0324. The molecule has 0 saturated carbocycles. The first-order chi connectivity index (χ1) is 6.20. The van der Waals surface area contributed by atoms with E-state index in [-0.39, 0.29) is 17.0 Å². The number of nitro groups is 1. The molecule has 13 heavy (non-hydrogen) atoms. The van der Waals surface area contributed by atoms with Crippen molar-refractivity contribution in [2.75, 3.05) is 7.11 Å². The fourth-order valence-electron chi connectivity index (χ4n) is 0.988. The number of methoxy groups -OCH3 is 1. The molecule has 0 saturated heterocycles. The maximum Gasteiger partial charge on any atom is 0.283 e. The first-order valence-electron chi connectivity index (χ1n) is 3.47. The standard InChI is InChI=1S/C8H7NO4/c1-13-8-4-2-3-7(9(11)12)6(8)5-10/h2-5H,1H3. The van der Waals surface area contributed by atoms with Crippen LogP contribution in [-0.2, 0) is 0 Å². The van der Waals surface area contributed by atoms with Gasteiger partial charge < -0.3 is 4.74 Å². The molecule has 0 atom stereocenters. The van der Waals surface area contributed by atoms with Crippen LogP contribution >= 0.6 is 0 Å². The number of rotatable bonds is 3. The predicted octanol–water partition coefficient (Wildman–Crippen LogP) is 1.42. The van der Waals surface area contributed by atoms with Crippen LogP contribution in [0.2, 0.25) is 0 Å². The van der Waals surface area contributed by atoms with Gasteiger partial charge in [-0.3, -0.25) is 14.9 Å². The van der Waals surface area contributed by atoms with Gasteiger partial charge >= 0.3 is 0 Å². The molecule has 0 aromatic heterocycles. The van der Waals surface area contributed by atoms with E-state index in [1.807, 2.05) is 0 Å². The van der Waals surface area contributed by atoms with Crippen molar-refractivity contribution in [3.8, 4) is 5.75 Å². The molecular weight excluding hydrogens is 174 g/mol. The van der Waals surface area contributed by atoms with Gasteiger partial charge in [0.25, 0.3) is 5.69 Å². The number of nitro benzene ring substituents is 1. The molecule has 0 heterocycles. The monoisotopic (exact) mass is 181 g/mol. The van der Waals surface area contributed by atoms with E-state index in [0.717, 1.165) is 0 Å². The summed E-state index contributed by atoms with van der Waals surface area (Å²) < 4.78 is 4.79. The number of carbonyl (C=O) groups is 1. The third kappa shape index (κ3) is 1.64. The van der Waals surface area contributed by atoms with Crippen LogP contribution in [0.25, 0.3) is 0 Å². The molecule has 0 unspecified atom stereocenters. The number of nitrogens with zero attached hydrogens (tertiary/aromatic N) is 1. The molecule has 5 nitrogen and oxygen atoms in total. The van der Waals surface area contributed by atoms with Gasteiger partial charge in [-0.1, -0.05) is 6.07 Å². The first-order valence-corrected chi connectivity index (χ1v) is 3.47. The van der Waals surface area contributed by atoms with E-state index < -0.39 is 4.92 Å². The van der Waals surface area contributed by atoms with E-state index in [1.165, 1.54) is 25.3 Å². The summed E-state index contributed by atoms with van der Waals surface area (Å²) in [6.07, 6.45) is 0.414. The summed E-state index contributed by atoms with van der Waals surface area (Å²) in [6, 6.07) is 4.22. The number of hydrogen-bond acceptors (Lipinski definition) is 4. The zero-order chi connectivity index (χ0) is 9.84. The Bertz CT molecular complexity index is 348. The van der Waals surface area contributed by atoms with Crippen LogP contribution in [-0.4, -0.2) is 18.3 Å². The molecule has 1 aromatic carbocycles. The Morgan fingerprint density at radius 3 is 2.69 bits per heavy atom. The molecule has 5 heteroatoms. The van der Waals surface area contributed by atoms with Crippen molar-refractivity contribution in [3.63, 3.8) is 0 Å². The van der Waals surface area contributed by atoms with Gasteiger partial charge in [-0.2, -0.15) is 0 Å². The normalized spacial score (nSPS) is 9.31. The second-order valence-electron chi connectivity index (χ2n) is 2.27. The summed E-state index contributed by atoms with van der Waals surface area (Å²) in [6.45, 7) is 0. The third-order valence-corrected chi connectivity index (χ3v) is 1.58. The minimum atomic E-state index is -0.619. The lowest BCUT2D eigenvalue weighted by molar-refractivity contribution is -0.385. The van der Waals surface area contributed by atoms with Crippen LogP contribution in [0, 0.1) is 10.1 Å². The van der Waals surface area contributed by atoms with Gasteiger partial charge in [0.2, 0.25) is 0 Å². The Morgan fingerprint density at radius 1 is 1.54 bits per heavy atom. The molecule has 0 N–H and O–H groups in total. The quantitative estimate of drug-likeness (QED) is 0.401. The Hall–Kier alpha value is -1.91. The average Bonchev–Trinajstić information content (AvgIpc) is 2.16. The molecule has 0 aliphatic rings. The number of carbonyl (C=O) groups excluding carboxylic acids is 1. The number of ether oxygens (including phenoxy) is 1. The van der Waals surface area contributed by atoms with Gasteiger partial charge in [0, 0.05) is 6.07 Å². The molecule has 0 spiro atoms. The molecule has 0 radical (unpaired) electrons. The summed E-state index contributed by atoms with van der Waals surface area (Å²) in [4.78, 5) is 20.3. The molecule has 0 fully saturated rings. The number of aldehydes is 1. The van der Waals surface area contributed by atoms with Crippen molar-refractivity contribution in [3.05, 3.63) is 33.9 Å². The maximum absolute atomic E-state index is 10.5. The van der Waals surface area contributed by atoms with Crippen LogP contribution in [0.15, 0.2) is 18.2 Å². The lowest BCUT2D eigenvalue weighted by Gasteiger charge is -2.02. The molecule has 0 aliphatic carbocycles. The van der Waals surface area contributed by atoms with E-state index >= 15 is 0 Å². The fraction of sp³-hybridized carbons (Fsp3) is 0.125. The van der Waals surface area contributed by atoms with E-state index in [0.29, 0.717) is 6.29 Å². The van der Waals surface area contributed by atoms with Crippen LogP contribution in [0.4, 0.5) is 5.69 Å². The first kappa shape index (κ1) is 9.18. The zero-order valence-electron chi connectivity index (χ0n) is 6.89. The smallest absolute Gasteiger partial charge is 0.283 e. The van der Waals surface area contributed by atoms with Gasteiger partial charge in [0.05, 0.1) is 12.0 Å². The lowest BCUT2D eigenvalue weighted by Crippen LogP contribution is -1.97. The SMILES string of the molecule is COc1cccc([N+](=O)[O-])c1C=O. The van der Waals surface area contributed by atoms with E-state index in [1.54, 1.807) is 0 Å². The predicted molar refractivity (Wildman–Crippen MR) is 45.0 cm³/mol. The van der Waals surface area contributed by atoms with Crippen LogP contribution < -0.4 is 4.74 Å². The Labute approximate surface area is 74.1 Å². The van der Waals surface area contributed by atoms with Gasteiger partial charge in [0.15, 0.2) is 6.29 Å². The van der Waals surface area contributed by atoms with Crippen molar-refractivity contribution < 1.29 is 14.5 Å². The Balaban J connectivity index is 3.35. The average molecular weight is 181 g/mol. The van der Waals surface area contributed by atoms with Crippen LogP contribution in [0.5, 0.6) is 5.75 Å². The van der Waals surface area contributed by atoms with Crippen LogP contribution in [0.3, 0.4) is 0 Å². The lowest BCUT2D eigenvalue weighted by atomic mass is 10.2. The largest absolute Gasteiger partial charge is 0.496 e. The second-order valence-corrected chi connectivity index (χ2v) is 2.27. The minimum Gasteiger partial charge on any atom is -0.496 e. The molecule has 0 bridgehead atoms. The highest BCUT2D eigenvalue weighted by Crippen LogP contribution is 2.25. The van der Waals surface area contributed by atoms with Crippen molar-refractivity contribution in [2.45, 2.75) is 0 Å². The summed E-state index contributed by atoms with van der Waals surface area (Å²) in [5.74, 6) is 0.212. The van der Waals surface area contributed by atoms with Crippen molar-refractivity contribution in [2.24, 2.45) is 0 Å². The van der Waals surface area contributed by atoms with Crippen molar-refractivity contribution >= 4 is 12.0 Å². The van der Waals surface area contributed by atoms with E-state index in [9.17, 15) is 14.9 Å². The van der Waals surface area contributed by atoms with E-state index in [2.05, 4.69) is 0 Å². The highest BCUT2D eigenvalue weighted by molar-refractivity contribution is 5.85. The van der Waals surface area contributed by atoms with Crippen LogP contribution in [0.1, 0.15) is 10.4 Å². The highest BCUT2D eigenvalue weighted by atomic mass is 16.6. The van der Waals surface area contributed by atoms with Crippen molar-refractivity contribution in [1.82, 2.24) is 0 Å². The topological polar surface area (TPSA) is 69.4 Å². The summed E-state index contributed by atoms with van der Waals surface area (Å²) >= 11 is 0. The molecule has 0 amide bonds. The molecule has 0 aliphatic heterocycles. The number of benzene rings is 1. The summed E-state index contributed by atoms with van der Waals surface area (Å²) in [5.41, 5.74) is -0.274. The maximum atomic E-state index is 10.5. The molecule has 68 valence electrons. The van der Waals surface area contributed by atoms with Gasteiger partial charge in [-0.15, -0.1) is 0 Å². The third-order valence-electron chi connectivity index (χ3n) is 1.58. The summed E-state index contributed by atoms with van der Waals surface area (Å²) in [5, 5.41) is 10.4. The molecule has 1 aromatic rings. The van der Waals surface area contributed by atoms with Crippen molar-refractivity contribution in [1.29, 1.82) is 0 Å².